The zero-order chi connectivity index (χ0) is 24.4. The minimum atomic E-state index is -3.88. The lowest BCUT2D eigenvalue weighted by Crippen LogP contribution is -2.06. The number of benzene rings is 4. The number of fused-ring (bicyclic) bond motifs is 1. The van der Waals surface area contributed by atoms with Gasteiger partial charge in [-0.3, -0.25) is 0 Å². The average Bonchev–Trinajstić information content (AvgIpc) is 3.22. The minimum Gasteiger partial charge on any atom is -0.388 e. The fourth-order valence-corrected chi connectivity index (χ4v) is 5.15. The molecule has 0 fully saturated rings. The first-order valence-electron chi connectivity index (χ1n) is 11.5. The smallest absolute Gasteiger partial charge is 0.388 e. The van der Waals surface area contributed by atoms with Crippen LogP contribution in [0.5, 0.6) is 17.2 Å². The van der Waals surface area contributed by atoms with E-state index in [1.165, 1.54) is 0 Å². The summed E-state index contributed by atoms with van der Waals surface area (Å²) in [6.07, 6.45) is 11.8. The van der Waals surface area contributed by atoms with E-state index in [-0.39, 0.29) is 5.75 Å². The van der Waals surface area contributed by atoms with E-state index in [0.29, 0.717) is 22.6 Å². The summed E-state index contributed by atoms with van der Waals surface area (Å²) in [5.74, 6) is 0.940. The second-order valence-corrected chi connectivity index (χ2v) is 9.66. The molecule has 176 valence electrons. The largest absolute Gasteiger partial charge is 0.625 e. The predicted molar refractivity (Wildman–Crippen MR) is 143 cm³/mol. The number of hydrogen-bond donors (Lipinski definition) is 0. The van der Waals surface area contributed by atoms with E-state index in [1.807, 2.05) is 127 Å². The zero-order valence-electron chi connectivity index (χ0n) is 19.1. The molecule has 4 aromatic carbocycles. The van der Waals surface area contributed by atoms with Crippen molar-refractivity contribution in [2.75, 3.05) is 0 Å². The van der Waals surface area contributed by atoms with Crippen LogP contribution in [-0.2, 0) is 9.24 Å². The van der Waals surface area contributed by atoms with Gasteiger partial charge in [0.05, 0.1) is 0 Å². The van der Waals surface area contributed by atoms with E-state index in [0.717, 1.165) is 22.3 Å². The zero-order valence-corrected chi connectivity index (χ0v) is 20.0. The van der Waals surface area contributed by atoms with Crippen LogP contribution in [0.15, 0.2) is 91.0 Å². The van der Waals surface area contributed by atoms with Crippen molar-refractivity contribution < 1.29 is 23.2 Å². The van der Waals surface area contributed by atoms with Gasteiger partial charge in [-0.05, 0) is 34.4 Å². The third-order valence-electron chi connectivity index (χ3n) is 5.83. The molecule has 0 aromatic heterocycles. The molecule has 1 atom stereocenters. The Morgan fingerprint density at radius 3 is 1.39 bits per heavy atom. The second-order valence-electron chi connectivity index (χ2n) is 8.25. The van der Waals surface area contributed by atoms with Gasteiger partial charge in [0.15, 0.2) is 5.75 Å². The van der Waals surface area contributed by atoms with Crippen LogP contribution < -0.4 is 13.9 Å². The molecule has 2 bridgehead atoms. The predicted octanol–water partition coefficient (Wildman–Crippen LogP) is 8.40. The summed E-state index contributed by atoms with van der Waals surface area (Å²) in [7, 11) is -3.88. The molecule has 0 amide bonds. The highest BCUT2D eigenvalue weighted by Gasteiger charge is 2.50. The lowest BCUT2D eigenvalue weighted by molar-refractivity contribution is -0.125. The fraction of sp³-hybridized carbons (Fsp3) is 0. The Bertz CT molecular complexity index is 1540. The standard InChI is InChI=1S/C30H21O5P/c31-36-33-29-27(21-18-24-14-8-3-9-15-24)25(19-16-22-10-4-1-5-11-22)26(28(32-35-36)30(29)34-36)20-17-23-12-6-2-7-13-23/h1-21H/b19-16+,20-17+,21-18+. The van der Waals surface area contributed by atoms with E-state index in [9.17, 15) is 4.57 Å². The molecule has 6 heteroatoms. The number of hydrogen-bond acceptors (Lipinski definition) is 5. The van der Waals surface area contributed by atoms with Crippen molar-refractivity contribution >= 4 is 44.3 Å². The van der Waals surface area contributed by atoms with Crippen LogP contribution >= 0.6 is 7.82 Å². The molecule has 0 saturated carbocycles. The Morgan fingerprint density at radius 1 is 0.472 bits per heavy atom. The van der Waals surface area contributed by atoms with Crippen LogP contribution in [-0.4, -0.2) is 0 Å². The molecule has 5 nitrogen and oxygen atoms in total. The van der Waals surface area contributed by atoms with E-state index in [4.69, 9.17) is 18.6 Å². The van der Waals surface area contributed by atoms with Crippen molar-refractivity contribution in [2.45, 2.75) is 0 Å². The van der Waals surface area contributed by atoms with E-state index in [2.05, 4.69) is 0 Å². The molecule has 0 spiro atoms. The highest BCUT2D eigenvalue weighted by Crippen LogP contribution is 2.68. The Morgan fingerprint density at radius 2 is 0.889 bits per heavy atom. The molecule has 0 aliphatic carbocycles. The molecular weight excluding hydrogens is 471 g/mol. The molecule has 2 aliphatic rings. The minimum absolute atomic E-state index is 0.280. The number of phosphoric ester groups is 1. The SMILES string of the molecule is O=P12OOc3c(/C=C/c4ccccc4)c(/C=C/c4ccccc4)c(/C=C/c4ccccc4)c(c3O1)O2. The first kappa shape index (κ1) is 22.2. The average molecular weight is 492 g/mol. The fourth-order valence-electron chi connectivity index (χ4n) is 4.09. The van der Waals surface area contributed by atoms with Gasteiger partial charge < -0.3 is 13.9 Å². The van der Waals surface area contributed by atoms with Gasteiger partial charge >= 0.3 is 7.82 Å². The van der Waals surface area contributed by atoms with Gasteiger partial charge in [-0.2, -0.15) is 0 Å². The van der Waals surface area contributed by atoms with Crippen molar-refractivity contribution in [2.24, 2.45) is 0 Å². The summed E-state index contributed by atoms with van der Waals surface area (Å²) in [6.45, 7) is 0. The van der Waals surface area contributed by atoms with Crippen molar-refractivity contribution in [3.05, 3.63) is 124 Å². The van der Waals surface area contributed by atoms with Crippen LogP contribution in [0.2, 0.25) is 0 Å². The summed E-state index contributed by atoms with van der Waals surface area (Å²) in [5.41, 5.74) is 5.31. The second kappa shape index (κ2) is 9.38. The van der Waals surface area contributed by atoms with Crippen LogP contribution in [0.25, 0.3) is 36.5 Å². The van der Waals surface area contributed by atoms with Gasteiger partial charge in [0.1, 0.15) is 0 Å². The Labute approximate surface area is 209 Å². The Kier molecular flexibility index (Phi) is 5.78. The Hall–Kier alpha value is -4.31. The molecule has 4 aromatic rings. The number of rotatable bonds is 6. The van der Waals surface area contributed by atoms with Gasteiger partial charge in [-0.1, -0.05) is 120 Å². The molecule has 2 heterocycles. The summed E-state index contributed by atoms with van der Waals surface area (Å²) >= 11 is 0. The molecule has 0 N–H and O–H groups in total. The quantitative estimate of drug-likeness (QED) is 0.154. The van der Waals surface area contributed by atoms with Crippen molar-refractivity contribution in [1.29, 1.82) is 0 Å². The number of phosphoric acid groups is 1. The molecule has 2 aliphatic heterocycles. The van der Waals surface area contributed by atoms with E-state index in [1.54, 1.807) is 0 Å². The Balaban J connectivity index is 1.56. The van der Waals surface area contributed by atoms with Gasteiger partial charge in [0.2, 0.25) is 11.5 Å². The first-order chi connectivity index (χ1) is 17.7. The van der Waals surface area contributed by atoms with Crippen LogP contribution in [0.3, 0.4) is 0 Å². The van der Waals surface area contributed by atoms with E-state index >= 15 is 0 Å². The molecular formula is C30H21O5P. The van der Waals surface area contributed by atoms with Crippen molar-refractivity contribution in [3.63, 3.8) is 0 Å². The topological polar surface area (TPSA) is 54.0 Å². The molecule has 0 saturated heterocycles. The first-order valence-corrected chi connectivity index (χ1v) is 12.9. The van der Waals surface area contributed by atoms with Gasteiger partial charge in [-0.25, -0.2) is 4.57 Å². The molecule has 6 rings (SSSR count). The maximum Gasteiger partial charge on any atom is 0.625 e. The molecule has 0 radical (unpaired) electrons. The van der Waals surface area contributed by atoms with Crippen LogP contribution in [0.4, 0.5) is 0 Å². The maximum absolute atomic E-state index is 12.8. The molecule has 1 unspecified atom stereocenters. The van der Waals surface area contributed by atoms with Crippen LogP contribution in [0, 0.1) is 0 Å². The molecule has 36 heavy (non-hydrogen) atoms. The third-order valence-corrected chi connectivity index (χ3v) is 6.90. The highest BCUT2D eigenvalue weighted by molar-refractivity contribution is 7.49. The van der Waals surface area contributed by atoms with Gasteiger partial charge in [-0.15, -0.1) is 0 Å². The van der Waals surface area contributed by atoms with Gasteiger partial charge in [0.25, 0.3) is 0 Å². The summed E-state index contributed by atoms with van der Waals surface area (Å²) < 4.78 is 29.2. The third kappa shape index (κ3) is 4.38. The summed E-state index contributed by atoms with van der Waals surface area (Å²) in [4.78, 5) is 5.50. The monoisotopic (exact) mass is 492 g/mol. The van der Waals surface area contributed by atoms with Crippen molar-refractivity contribution in [3.8, 4) is 17.2 Å². The van der Waals surface area contributed by atoms with Gasteiger partial charge in [0, 0.05) is 11.1 Å². The van der Waals surface area contributed by atoms with Crippen LogP contribution in [0.1, 0.15) is 33.4 Å². The normalized spacial score (nSPS) is 17.9. The summed E-state index contributed by atoms with van der Waals surface area (Å²) in [5, 5.41) is 0. The van der Waals surface area contributed by atoms with E-state index < -0.39 is 7.82 Å². The summed E-state index contributed by atoms with van der Waals surface area (Å²) in [6, 6.07) is 29.9. The lowest BCUT2D eigenvalue weighted by atomic mass is 9.95. The highest BCUT2D eigenvalue weighted by atomic mass is 31.2. The lowest BCUT2D eigenvalue weighted by Gasteiger charge is -2.17. The maximum atomic E-state index is 12.8. The van der Waals surface area contributed by atoms with Crippen molar-refractivity contribution in [1.82, 2.24) is 0 Å².